The van der Waals surface area contributed by atoms with Crippen molar-refractivity contribution in [3.8, 4) is 5.75 Å². The van der Waals surface area contributed by atoms with Crippen LogP contribution in [-0.2, 0) is 11.2 Å². The number of carbonyl (C=O) groups excluding carboxylic acids is 1. The number of fused-ring (bicyclic) bond motifs is 1. The number of amides is 1. The third-order valence-electron chi connectivity index (χ3n) is 5.34. The van der Waals surface area contributed by atoms with E-state index in [1.54, 1.807) is 6.07 Å². The number of benzene rings is 3. The van der Waals surface area contributed by atoms with Crippen molar-refractivity contribution in [3.05, 3.63) is 77.9 Å². The Labute approximate surface area is 169 Å². The highest BCUT2D eigenvalue weighted by Gasteiger charge is 2.51. The predicted octanol–water partition coefficient (Wildman–Crippen LogP) is 4.20. The van der Waals surface area contributed by atoms with Crippen molar-refractivity contribution >= 4 is 22.6 Å². The zero-order valence-corrected chi connectivity index (χ0v) is 16.1. The first-order valence-corrected chi connectivity index (χ1v) is 9.83. The number of hydrogen-bond donors (Lipinski definition) is 2. The second-order valence-corrected chi connectivity index (χ2v) is 7.44. The molecule has 4 rings (SSSR count). The molecule has 3 aromatic carbocycles. The number of nitrogens with one attached hydrogen (secondary N) is 1. The molecule has 0 heterocycles. The fourth-order valence-electron chi connectivity index (χ4n) is 3.47. The summed E-state index contributed by atoms with van der Waals surface area (Å²) in [5.74, 6) is -0.888. The zero-order chi connectivity index (χ0) is 20.3. The van der Waals surface area contributed by atoms with E-state index in [0.29, 0.717) is 30.8 Å². The summed E-state index contributed by atoms with van der Waals surface area (Å²) in [4.78, 5) is 24.3. The highest BCUT2D eigenvalue weighted by Crippen LogP contribution is 2.37. The van der Waals surface area contributed by atoms with Crippen LogP contribution in [0.1, 0.15) is 35.2 Å². The standard InChI is InChI=1S/C24H23NO4/c26-22(25-24(14-15-24)23(27)28)20-13-12-18-10-4-5-11-19(18)21(20)29-16-6-9-17-7-2-1-3-8-17/h1-5,7-8,10-13H,6,9,14-16H2,(H,25,26)(H,27,28). The Hall–Kier alpha value is -3.34. The molecule has 0 unspecified atom stereocenters. The van der Waals surface area contributed by atoms with Gasteiger partial charge in [-0.05, 0) is 42.7 Å². The minimum Gasteiger partial charge on any atom is -0.492 e. The molecular weight excluding hydrogens is 366 g/mol. The highest BCUT2D eigenvalue weighted by atomic mass is 16.5. The monoisotopic (exact) mass is 389 g/mol. The van der Waals surface area contributed by atoms with Gasteiger partial charge in [0.05, 0.1) is 12.2 Å². The molecule has 0 spiro atoms. The van der Waals surface area contributed by atoms with Gasteiger partial charge in [0.15, 0.2) is 0 Å². The molecular formula is C24H23NO4. The number of aryl methyl sites for hydroxylation is 1. The van der Waals surface area contributed by atoms with Gasteiger partial charge in [-0.1, -0.05) is 60.7 Å². The first-order valence-electron chi connectivity index (χ1n) is 9.83. The van der Waals surface area contributed by atoms with Crippen molar-refractivity contribution in [2.75, 3.05) is 6.61 Å². The molecule has 148 valence electrons. The summed E-state index contributed by atoms with van der Waals surface area (Å²) >= 11 is 0. The maximum atomic E-state index is 12.9. The van der Waals surface area contributed by atoms with Crippen LogP contribution in [0.3, 0.4) is 0 Å². The van der Waals surface area contributed by atoms with Gasteiger partial charge >= 0.3 is 5.97 Å². The topological polar surface area (TPSA) is 75.6 Å². The predicted molar refractivity (Wildman–Crippen MR) is 111 cm³/mol. The van der Waals surface area contributed by atoms with Crippen molar-refractivity contribution < 1.29 is 19.4 Å². The van der Waals surface area contributed by atoms with E-state index in [1.165, 1.54) is 5.56 Å². The van der Waals surface area contributed by atoms with Crippen LogP contribution in [0, 0.1) is 0 Å². The number of ether oxygens (including phenoxy) is 1. The number of hydrogen-bond acceptors (Lipinski definition) is 3. The molecule has 0 aromatic heterocycles. The second kappa shape index (κ2) is 7.95. The lowest BCUT2D eigenvalue weighted by molar-refractivity contribution is -0.140. The molecule has 5 heteroatoms. The van der Waals surface area contributed by atoms with E-state index in [-0.39, 0.29) is 0 Å². The Morgan fingerprint density at radius 2 is 1.69 bits per heavy atom. The van der Waals surface area contributed by atoms with E-state index >= 15 is 0 Å². The summed E-state index contributed by atoms with van der Waals surface area (Å²) in [5.41, 5.74) is 0.480. The van der Waals surface area contributed by atoms with Gasteiger partial charge in [-0.3, -0.25) is 4.79 Å². The normalized spacial score (nSPS) is 14.3. The number of carboxylic acid groups (broad SMARTS) is 1. The van der Waals surface area contributed by atoms with Gasteiger partial charge in [0.25, 0.3) is 5.91 Å². The summed E-state index contributed by atoms with van der Waals surface area (Å²) in [6.07, 6.45) is 2.60. The van der Waals surface area contributed by atoms with Gasteiger partial charge in [-0.2, -0.15) is 0 Å². The van der Waals surface area contributed by atoms with Crippen LogP contribution in [0.15, 0.2) is 66.7 Å². The van der Waals surface area contributed by atoms with Gasteiger partial charge in [-0.25, -0.2) is 4.79 Å². The summed E-state index contributed by atoms with van der Waals surface area (Å²) in [6.45, 7) is 0.466. The molecule has 29 heavy (non-hydrogen) atoms. The van der Waals surface area contributed by atoms with E-state index in [2.05, 4.69) is 17.4 Å². The highest BCUT2D eigenvalue weighted by molar-refractivity contribution is 6.05. The maximum absolute atomic E-state index is 12.9. The molecule has 1 fully saturated rings. The molecule has 1 amide bonds. The van der Waals surface area contributed by atoms with E-state index in [9.17, 15) is 14.7 Å². The van der Waals surface area contributed by atoms with Crippen molar-refractivity contribution in [2.24, 2.45) is 0 Å². The van der Waals surface area contributed by atoms with Crippen LogP contribution in [0.25, 0.3) is 10.8 Å². The SMILES string of the molecule is O=C(NC1(C(=O)O)CC1)c1ccc2ccccc2c1OCCCc1ccccc1. The van der Waals surface area contributed by atoms with E-state index in [1.807, 2.05) is 48.5 Å². The Morgan fingerprint density at radius 3 is 2.41 bits per heavy atom. The van der Waals surface area contributed by atoms with E-state index < -0.39 is 17.4 Å². The van der Waals surface area contributed by atoms with Gasteiger partial charge < -0.3 is 15.2 Å². The minimum atomic E-state index is -1.13. The van der Waals surface area contributed by atoms with Crippen LogP contribution in [0.2, 0.25) is 0 Å². The molecule has 1 saturated carbocycles. The Morgan fingerprint density at radius 1 is 0.966 bits per heavy atom. The van der Waals surface area contributed by atoms with Crippen molar-refractivity contribution in [1.29, 1.82) is 0 Å². The largest absolute Gasteiger partial charge is 0.492 e. The maximum Gasteiger partial charge on any atom is 0.329 e. The zero-order valence-electron chi connectivity index (χ0n) is 16.1. The average molecular weight is 389 g/mol. The molecule has 0 radical (unpaired) electrons. The number of rotatable bonds is 8. The second-order valence-electron chi connectivity index (χ2n) is 7.44. The molecule has 0 atom stereocenters. The van der Waals surface area contributed by atoms with Crippen LogP contribution < -0.4 is 10.1 Å². The van der Waals surface area contributed by atoms with Crippen molar-refractivity contribution in [2.45, 2.75) is 31.2 Å². The van der Waals surface area contributed by atoms with Crippen molar-refractivity contribution in [3.63, 3.8) is 0 Å². The fourth-order valence-corrected chi connectivity index (χ4v) is 3.47. The summed E-state index contributed by atoms with van der Waals surface area (Å²) in [5, 5.41) is 13.9. The number of carboxylic acids is 1. The van der Waals surface area contributed by atoms with Gasteiger partial charge in [-0.15, -0.1) is 0 Å². The third kappa shape index (κ3) is 4.09. The molecule has 0 aliphatic heterocycles. The lowest BCUT2D eigenvalue weighted by Crippen LogP contribution is -2.43. The fraction of sp³-hybridized carbons (Fsp3) is 0.250. The van der Waals surface area contributed by atoms with Crippen LogP contribution in [0.5, 0.6) is 5.75 Å². The van der Waals surface area contributed by atoms with E-state index in [4.69, 9.17) is 4.74 Å². The first-order chi connectivity index (χ1) is 14.1. The van der Waals surface area contributed by atoms with Gasteiger partial charge in [0.2, 0.25) is 0 Å². The summed E-state index contributed by atoms with van der Waals surface area (Å²) in [7, 11) is 0. The molecule has 0 bridgehead atoms. The molecule has 2 N–H and O–H groups in total. The van der Waals surface area contributed by atoms with Crippen molar-refractivity contribution in [1.82, 2.24) is 5.32 Å². The summed E-state index contributed by atoms with van der Waals surface area (Å²) < 4.78 is 6.08. The smallest absolute Gasteiger partial charge is 0.329 e. The van der Waals surface area contributed by atoms with E-state index in [0.717, 1.165) is 23.6 Å². The van der Waals surface area contributed by atoms with Crippen LogP contribution in [0.4, 0.5) is 0 Å². The summed E-state index contributed by atoms with van der Waals surface area (Å²) in [6, 6.07) is 21.5. The van der Waals surface area contributed by atoms with Crippen LogP contribution >= 0.6 is 0 Å². The minimum absolute atomic E-state index is 0.371. The molecule has 1 aliphatic rings. The van der Waals surface area contributed by atoms with Crippen LogP contribution in [-0.4, -0.2) is 29.1 Å². The lowest BCUT2D eigenvalue weighted by atomic mass is 10.0. The molecule has 3 aromatic rings. The van der Waals surface area contributed by atoms with Gasteiger partial charge in [0.1, 0.15) is 11.3 Å². The average Bonchev–Trinajstić information content (AvgIpc) is 3.52. The number of aliphatic carboxylic acids is 1. The molecule has 1 aliphatic carbocycles. The molecule has 0 saturated heterocycles. The first kappa shape index (κ1) is 19.0. The third-order valence-corrected chi connectivity index (χ3v) is 5.34. The lowest BCUT2D eigenvalue weighted by Gasteiger charge is -2.17. The van der Waals surface area contributed by atoms with Gasteiger partial charge in [0, 0.05) is 5.39 Å². The Kier molecular flexibility index (Phi) is 5.21. The Balaban J connectivity index is 1.54. The Bertz CT molecular complexity index is 1040. The quantitative estimate of drug-likeness (QED) is 0.566. The molecule has 5 nitrogen and oxygen atoms in total. The number of carbonyl (C=O) groups is 2.